The molecule has 4 nitrogen and oxygen atoms in total. The number of benzene rings is 1. The van der Waals surface area contributed by atoms with Gasteiger partial charge in [-0.25, -0.2) is 4.39 Å². The van der Waals surface area contributed by atoms with Gasteiger partial charge in [-0.2, -0.15) is 0 Å². The van der Waals surface area contributed by atoms with Crippen LogP contribution >= 0.6 is 0 Å². The summed E-state index contributed by atoms with van der Waals surface area (Å²) in [5.74, 6) is 0.834. The van der Waals surface area contributed by atoms with E-state index in [2.05, 4.69) is 21.6 Å². The molecule has 0 aromatic heterocycles. The summed E-state index contributed by atoms with van der Waals surface area (Å²) in [6.45, 7) is 10.4. The van der Waals surface area contributed by atoms with Crippen molar-refractivity contribution < 1.29 is 9.18 Å². The number of likely N-dealkylation sites (tertiary alicyclic amines) is 3. The zero-order chi connectivity index (χ0) is 20.8. The Morgan fingerprint density at radius 3 is 2.37 bits per heavy atom. The minimum atomic E-state index is -0.164. The number of carbonyl (C=O) groups is 1. The first-order valence-corrected chi connectivity index (χ1v) is 12.0. The predicted molar refractivity (Wildman–Crippen MR) is 116 cm³/mol. The molecule has 30 heavy (non-hydrogen) atoms. The Bertz CT molecular complexity index is 767. The molecule has 2 atom stereocenters. The van der Waals surface area contributed by atoms with Gasteiger partial charge in [-0.3, -0.25) is 9.69 Å². The highest BCUT2D eigenvalue weighted by molar-refractivity contribution is 5.84. The summed E-state index contributed by atoms with van der Waals surface area (Å²) < 4.78 is 13.2. The molecule has 4 fully saturated rings. The molecule has 0 N–H and O–H groups in total. The first-order valence-electron chi connectivity index (χ1n) is 12.0. The van der Waals surface area contributed by atoms with Crippen LogP contribution in [0.25, 0.3) is 0 Å². The van der Waals surface area contributed by atoms with Crippen molar-refractivity contribution in [1.82, 2.24) is 14.7 Å². The van der Waals surface area contributed by atoms with E-state index in [9.17, 15) is 9.18 Å². The topological polar surface area (TPSA) is 26.8 Å². The molecule has 4 aliphatic rings. The molecule has 0 bridgehead atoms. The summed E-state index contributed by atoms with van der Waals surface area (Å²) in [5, 5.41) is 0. The third kappa shape index (κ3) is 3.38. The molecular weight excluding hydrogens is 377 g/mol. The maximum Gasteiger partial charge on any atom is 0.230 e. The average Bonchev–Trinajstić information content (AvgIpc) is 3.48. The number of rotatable bonds is 4. The molecule has 3 aliphatic heterocycles. The quantitative estimate of drug-likeness (QED) is 0.752. The van der Waals surface area contributed by atoms with Crippen molar-refractivity contribution >= 4 is 5.91 Å². The van der Waals surface area contributed by atoms with E-state index in [1.54, 1.807) is 12.1 Å². The van der Waals surface area contributed by atoms with Gasteiger partial charge in [0, 0.05) is 32.7 Å². The lowest BCUT2D eigenvalue weighted by Gasteiger charge is -2.45. The van der Waals surface area contributed by atoms with E-state index in [4.69, 9.17) is 0 Å². The Hall–Kier alpha value is -1.46. The Labute approximate surface area is 180 Å². The first kappa shape index (κ1) is 20.4. The Balaban J connectivity index is 1.30. The van der Waals surface area contributed by atoms with Gasteiger partial charge < -0.3 is 9.80 Å². The molecule has 1 amide bonds. The number of carbonyl (C=O) groups excluding carboxylic acids is 1. The molecule has 0 unspecified atom stereocenters. The highest BCUT2D eigenvalue weighted by Gasteiger charge is 2.64. The van der Waals surface area contributed by atoms with Gasteiger partial charge >= 0.3 is 0 Å². The second-order valence-corrected chi connectivity index (χ2v) is 10.3. The SMILES string of the molecule is CCN1C[C@H]2C3(CCN(Cc4ccc(F)cc4)CC3)CC[C@@]2(C(=O)N2CCCC2)C1. The first-order chi connectivity index (χ1) is 14.5. The van der Waals surface area contributed by atoms with Gasteiger partial charge in [-0.15, -0.1) is 0 Å². The van der Waals surface area contributed by atoms with Crippen molar-refractivity contribution in [3.05, 3.63) is 35.6 Å². The molecule has 0 radical (unpaired) electrons. The minimum Gasteiger partial charge on any atom is -0.342 e. The predicted octanol–water partition coefficient (Wildman–Crippen LogP) is 3.76. The van der Waals surface area contributed by atoms with E-state index in [0.717, 1.165) is 58.8 Å². The number of hydrogen-bond donors (Lipinski definition) is 0. The average molecular weight is 414 g/mol. The summed E-state index contributed by atoms with van der Waals surface area (Å²) in [6, 6.07) is 6.94. The van der Waals surface area contributed by atoms with Crippen LogP contribution in [0.4, 0.5) is 4.39 Å². The largest absolute Gasteiger partial charge is 0.342 e. The van der Waals surface area contributed by atoms with Gasteiger partial charge in [0.2, 0.25) is 5.91 Å². The van der Waals surface area contributed by atoms with Crippen LogP contribution in [0, 0.1) is 22.6 Å². The fraction of sp³-hybridized carbons (Fsp3) is 0.720. The van der Waals surface area contributed by atoms with Gasteiger partial charge in [0.15, 0.2) is 0 Å². The Morgan fingerprint density at radius 1 is 1.00 bits per heavy atom. The molecule has 1 saturated carbocycles. The Morgan fingerprint density at radius 2 is 1.70 bits per heavy atom. The second-order valence-electron chi connectivity index (χ2n) is 10.3. The molecule has 5 heteroatoms. The summed E-state index contributed by atoms with van der Waals surface area (Å²) in [7, 11) is 0. The summed E-state index contributed by atoms with van der Waals surface area (Å²) in [4.78, 5) is 21.0. The van der Waals surface area contributed by atoms with E-state index in [1.807, 2.05) is 12.1 Å². The van der Waals surface area contributed by atoms with Crippen molar-refractivity contribution in [3.63, 3.8) is 0 Å². The van der Waals surface area contributed by atoms with Gasteiger partial charge in [-0.05, 0) is 87.2 Å². The van der Waals surface area contributed by atoms with E-state index >= 15 is 0 Å². The van der Waals surface area contributed by atoms with E-state index in [-0.39, 0.29) is 11.2 Å². The van der Waals surface area contributed by atoms with Crippen LogP contribution in [0.15, 0.2) is 24.3 Å². The van der Waals surface area contributed by atoms with Gasteiger partial charge in [-0.1, -0.05) is 19.1 Å². The number of piperidine rings is 1. The van der Waals surface area contributed by atoms with Crippen LogP contribution in [0.1, 0.15) is 51.0 Å². The molecule has 3 saturated heterocycles. The molecule has 3 heterocycles. The fourth-order valence-electron chi connectivity index (χ4n) is 7.09. The molecule has 1 spiro atoms. The summed E-state index contributed by atoms with van der Waals surface area (Å²) in [6.07, 6.45) is 7.05. The minimum absolute atomic E-state index is 0.126. The van der Waals surface area contributed by atoms with E-state index in [0.29, 0.717) is 17.2 Å². The zero-order valence-electron chi connectivity index (χ0n) is 18.4. The zero-order valence-corrected chi connectivity index (χ0v) is 18.4. The molecule has 1 aliphatic carbocycles. The number of nitrogens with zero attached hydrogens (tertiary/aromatic N) is 3. The normalized spacial score (nSPS) is 31.5. The maximum atomic E-state index is 13.7. The molecule has 164 valence electrons. The van der Waals surface area contributed by atoms with Crippen LogP contribution in [-0.4, -0.2) is 66.4 Å². The summed E-state index contributed by atoms with van der Waals surface area (Å²) in [5.41, 5.74) is 1.40. The van der Waals surface area contributed by atoms with Crippen molar-refractivity contribution in [3.8, 4) is 0 Å². The highest BCUT2D eigenvalue weighted by atomic mass is 19.1. The van der Waals surface area contributed by atoms with Crippen LogP contribution in [0.5, 0.6) is 0 Å². The van der Waals surface area contributed by atoms with Crippen LogP contribution in [-0.2, 0) is 11.3 Å². The standard InChI is InChI=1S/C25H36FN3O/c1-2-27-18-22-24(9-10-25(22,19-27)23(30)29-13-3-4-14-29)11-15-28(16-12-24)17-20-5-7-21(26)8-6-20/h5-8,22H,2-4,9-19H2,1H3/t22-,25+/m0/s1. The number of fused-ring (bicyclic) bond motifs is 2. The third-order valence-corrected chi connectivity index (χ3v) is 8.86. The van der Waals surface area contributed by atoms with Gasteiger partial charge in [0.25, 0.3) is 0 Å². The maximum absolute atomic E-state index is 13.7. The molecule has 1 aromatic rings. The lowest BCUT2D eigenvalue weighted by Crippen LogP contribution is -2.49. The molecule has 1 aromatic carbocycles. The van der Waals surface area contributed by atoms with Crippen LogP contribution < -0.4 is 0 Å². The van der Waals surface area contributed by atoms with E-state index < -0.39 is 0 Å². The second kappa shape index (κ2) is 7.90. The number of amides is 1. The van der Waals surface area contributed by atoms with Crippen molar-refractivity contribution in [1.29, 1.82) is 0 Å². The van der Waals surface area contributed by atoms with Gasteiger partial charge in [0.05, 0.1) is 5.41 Å². The van der Waals surface area contributed by atoms with Crippen molar-refractivity contribution in [2.45, 2.75) is 52.0 Å². The van der Waals surface area contributed by atoms with Crippen molar-refractivity contribution in [2.75, 3.05) is 45.8 Å². The van der Waals surface area contributed by atoms with Crippen LogP contribution in [0.2, 0.25) is 0 Å². The monoisotopic (exact) mass is 413 g/mol. The van der Waals surface area contributed by atoms with Gasteiger partial charge in [0.1, 0.15) is 5.82 Å². The lowest BCUT2D eigenvalue weighted by molar-refractivity contribution is -0.143. The van der Waals surface area contributed by atoms with E-state index in [1.165, 1.54) is 37.7 Å². The van der Waals surface area contributed by atoms with Crippen LogP contribution in [0.3, 0.4) is 0 Å². The molecular formula is C25H36FN3O. The lowest BCUT2D eigenvalue weighted by atomic mass is 9.65. The van der Waals surface area contributed by atoms with Crippen molar-refractivity contribution in [2.24, 2.45) is 16.7 Å². The Kier molecular flexibility index (Phi) is 5.39. The number of hydrogen-bond acceptors (Lipinski definition) is 3. The summed E-state index contributed by atoms with van der Waals surface area (Å²) >= 11 is 0. The smallest absolute Gasteiger partial charge is 0.230 e. The molecule has 5 rings (SSSR count). The fourth-order valence-corrected chi connectivity index (χ4v) is 7.09. The third-order valence-electron chi connectivity index (χ3n) is 8.86. The number of halogens is 1. The highest BCUT2D eigenvalue weighted by Crippen LogP contribution is 2.62.